The van der Waals surface area contributed by atoms with Gasteiger partial charge in [-0.25, -0.2) is 5.91 Å². The van der Waals surface area contributed by atoms with E-state index < -0.39 is 40.2 Å². The molecule has 4 aromatic rings. The van der Waals surface area contributed by atoms with Crippen molar-refractivity contribution in [1.82, 2.24) is 0 Å². The minimum Gasteiger partial charge on any atom is -0.671 e. The summed E-state index contributed by atoms with van der Waals surface area (Å²) in [6.45, 7) is 74.7. The van der Waals surface area contributed by atoms with Crippen molar-refractivity contribution < 1.29 is 51.7 Å². The molecular weight excluding hydrogens is 1400 g/mol. The molecule has 77 heavy (non-hydrogen) atoms. The van der Waals surface area contributed by atoms with Gasteiger partial charge in [0, 0.05) is 71.5 Å². The third kappa shape index (κ3) is 108. The molecule has 13 heteroatoms. The average molecular weight is 1530 g/mol. The SMILES string of the molecule is CC.CC.CC.CC.CC(C)[N-]C([N-]Cc1ccccc1)P(c1ccccc1)c1ccccc1.CC(CCc1ccccc1)=NC(C)C.C[SiH3].C[SiH3].C[SiH3].C[Si](C)(C)C.[CH2-][Si](C)(C)C.[CH2-][Si](C)(C)C.[CH2-][Si](C)(C)C.[CH3-].[Hf].[Hf]. The summed E-state index contributed by atoms with van der Waals surface area (Å²) in [4.78, 5) is 4.51. The average Bonchev–Trinajstić information content (AvgIpc) is 3.34. The molecule has 0 saturated carbocycles. The maximum atomic E-state index is 5.05. The maximum absolute atomic E-state index is 5.05. The number of hydrogen-bond acceptors (Lipinski definition) is 1. The van der Waals surface area contributed by atoms with Crippen LogP contribution in [0.5, 0.6) is 0 Å². The van der Waals surface area contributed by atoms with Crippen molar-refractivity contribution in [1.29, 1.82) is 0 Å². The summed E-state index contributed by atoms with van der Waals surface area (Å²) in [6.07, 6.45) is 2.17. The molecule has 1 atom stereocenters. The van der Waals surface area contributed by atoms with Crippen molar-refractivity contribution in [3.05, 3.63) is 170 Å². The van der Waals surface area contributed by atoms with Crippen molar-refractivity contribution in [2.75, 3.05) is 0 Å². The first-order chi connectivity index (χ1) is 34.4. The summed E-state index contributed by atoms with van der Waals surface area (Å²) < 4.78 is 0. The van der Waals surface area contributed by atoms with Gasteiger partial charge in [0.05, 0.1) is 0 Å². The number of benzene rings is 4. The summed E-state index contributed by atoms with van der Waals surface area (Å²) in [5, 5.41) is 12.7. The molecule has 0 aliphatic heterocycles. The second-order valence-electron chi connectivity index (χ2n) is 21.1. The molecule has 1 unspecified atom stereocenters. The topological polar surface area (TPSA) is 40.6 Å². The van der Waals surface area contributed by atoms with E-state index in [0.29, 0.717) is 12.6 Å². The zero-order chi connectivity index (χ0) is 60.6. The summed E-state index contributed by atoms with van der Waals surface area (Å²) in [5.41, 5.74) is 3.88. The van der Waals surface area contributed by atoms with Crippen molar-refractivity contribution >= 4 is 87.3 Å². The van der Waals surface area contributed by atoms with Gasteiger partial charge in [0.25, 0.3) is 0 Å². The summed E-state index contributed by atoms with van der Waals surface area (Å²) in [6, 6.07) is 43.1. The molecule has 0 saturated heterocycles. The van der Waals surface area contributed by atoms with Gasteiger partial charge in [-0.1, -0.05) is 309 Å². The van der Waals surface area contributed by atoms with Crippen LogP contribution in [-0.4, -0.2) is 86.7 Å². The smallest absolute Gasteiger partial charge is 0.0442 e. The van der Waals surface area contributed by atoms with Gasteiger partial charge in [-0.3, -0.25) is 4.99 Å². The van der Waals surface area contributed by atoms with Crippen LogP contribution in [0.1, 0.15) is 108 Å². The number of hydrogen-bond donors (Lipinski definition) is 0. The maximum Gasteiger partial charge on any atom is 0.0442 e. The number of nitrogens with zero attached hydrogens (tertiary/aromatic N) is 3. The molecule has 4 rings (SSSR count). The monoisotopic (exact) mass is 1530 g/mol. The van der Waals surface area contributed by atoms with E-state index >= 15 is 0 Å². The predicted molar refractivity (Wildman–Crippen MR) is 392 cm³/mol. The molecule has 452 valence electrons. The van der Waals surface area contributed by atoms with Gasteiger partial charge < -0.3 is 37.7 Å². The van der Waals surface area contributed by atoms with Crippen LogP contribution in [0.25, 0.3) is 10.6 Å². The van der Waals surface area contributed by atoms with E-state index in [2.05, 4.69) is 279 Å². The Balaban J connectivity index is -0.0000000706. The molecule has 3 nitrogen and oxygen atoms in total. The second kappa shape index (κ2) is 72.3. The fourth-order valence-corrected chi connectivity index (χ4v) is 6.76. The van der Waals surface area contributed by atoms with Crippen LogP contribution in [0, 0.1) is 27.1 Å². The fourth-order valence-electron chi connectivity index (χ4n) is 4.30. The van der Waals surface area contributed by atoms with Crippen molar-refractivity contribution in [3.63, 3.8) is 0 Å². The largest absolute Gasteiger partial charge is 0.671 e. The van der Waals surface area contributed by atoms with Crippen LogP contribution >= 0.6 is 7.92 Å². The number of rotatable bonds is 12. The van der Waals surface area contributed by atoms with Gasteiger partial charge in [-0.15, -0.1) is 36.8 Å². The third-order valence-electron chi connectivity index (χ3n) is 6.11. The Hall–Kier alpha value is 0.158. The van der Waals surface area contributed by atoms with Crippen LogP contribution < -0.4 is 10.6 Å². The van der Waals surface area contributed by atoms with Gasteiger partial charge in [0.1, 0.15) is 0 Å². The number of aliphatic imine (C=N–C) groups is 1. The van der Waals surface area contributed by atoms with Crippen LogP contribution in [0.4, 0.5) is 0 Å². The standard InChI is InChI=1S/C23H25N2P.C13H19N.C4H12Si.3C4H11Si.4C2H6.3CH6Si.CH3.2Hf/c1-19(2)25-23(24-18-20-12-6-3-7-13-20)26(21-14-8-4-9-15-21)22-16-10-5-11-17-22;1-11(2)14-12(3)9-10-13-7-5-4-6-8-13;4*1-5(2,3)4;7*1-2;;;/h3-17,19,23H,18H2,1-2H3;4-8,11H,9-10H2,1-3H3;1-4H3;3*1H2,2-4H3;7*1-2H3;1H3;;/q-2;;;3*-1;;;;;;;;-1;;. The second-order valence-corrected chi connectivity index (χ2v) is 44.7. The quantitative estimate of drug-likeness (QED) is 0.0587. The molecule has 0 fully saturated rings. The Morgan fingerprint density at radius 3 is 0.948 bits per heavy atom. The molecule has 0 aliphatic carbocycles. The molecule has 0 spiro atoms. The first kappa shape index (κ1) is 105. The predicted octanol–water partition coefficient (Wildman–Crippen LogP) is 19.0. The van der Waals surface area contributed by atoms with E-state index in [1.807, 2.05) is 61.5 Å². The zero-order valence-corrected chi connectivity index (χ0v) is 75.9. The first-order valence-corrected chi connectivity index (χ1v) is 51.4. The molecule has 0 radical (unpaired) electrons. The molecular formula is C64H134Hf2N3PSi7-6. The molecule has 0 bridgehead atoms. The van der Waals surface area contributed by atoms with Crippen LogP contribution in [0.3, 0.4) is 0 Å². The van der Waals surface area contributed by atoms with Crippen LogP contribution in [-0.2, 0) is 64.7 Å². The minimum absolute atomic E-state index is 0. The van der Waals surface area contributed by atoms with Gasteiger partial charge >= 0.3 is 0 Å². The first-order valence-electron chi connectivity index (χ1n) is 28.9. The molecule has 0 aliphatic rings. The summed E-state index contributed by atoms with van der Waals surface area (Å²) in [5.74, 6) is -0.0463. The van der Waals surface area contributed by atoms with Gasteiger partial charge in [0.15, 0.2) is 0 Å². The van der Waals surface area contributed by atoms with E-state index in [0.717, 1.165) is 12.8 Å². The van der Waals surface area contributed by atoms with E-state index in [-0.39, 0.29) is 71.1 Å². The summed E-state index contributed by atoms with van der Waals surface area (Å²) in [7, 11) is 0.0458. The molecule has 0 N–H and O–H groups in total. The normalized spacial score (nSPS) is 10.2. The fraction of sp³-hybridized carbons (Fsp3) is 0.547. The Kier molecular flexibility index (Phi) is 98.9. The molecule has 0 amide bonds. The molecule has 4 aromatic carbocycles. The Morgan fingerprint density at radius 1 is 0.481 bits per heavy atom. The van der Waals surface area contributed by atoms with Gasteiger partial charge in [-0.05, 0) is 80.5 Å². The van der Waals surface area contributed by atoms with Crippen molar-refractivity contribution in [3.8, 4) is 0 Å². The van der Waals surface area contributed by atoms with Gasteiger partial charge in [0.2, 0.25) is 0 Å². The molecule has 0 heterocycles. The Labute approximate surface area is 541 Å². The minimum atomic E-state index is -0.861. The van der Waals surface area contributed by atoms with Crippen LogP contribution in [0.2, 0.25) is 105 Å². The summed E-state index contributed by atoms with van der Waals surface area (Å²) >= 11 is 0. The molecule has 0 aromatic heterocycles. The Morgan fingerprint density at radius 2 is 0.714 bits per heavy atom. The van der Waals surface area contributed by atoms with E-state index in [1.165, 1.54) is 58.2 Å². The zero-order valence-electron chi connectivity index (χ0n) is 57.8. The van der Waals surface area contributed by atoms with Gasteiger partial charge in [-0.2, -0.15) is 0 Å². The number of aryl methyl sites for hydroxylation is 1. The van der Waals surface area contributed by atoms with Crippen molar-refractivity contribution in [2.45, 2.75) is 232 Å². The van der Waals surface area contributed by atoms with E-state index in [4.69, 9.17) is 10.6 Å². The van der Waals surface area contributed by atoms with E-state index in [1.54, 1.807) is 0 Å². The third-order valence-corrected chi connectivity index (χ3v) is 8.58. The Bertz CT molecular complexity index is 1520. The van der Waals surface area contributed by atoms with Crippen LogP contribution in [0.15, 0.2) is 126 Å². The van der Waals surface area contributed by atoms with Crippen molar-refractivity contribution in [2.24, 2.45) is 4.99 Å². The van der Waals surface area contributed by atoms with E-state index in [9.17, 15) is 0 Å².